The number of hydrogen-bond acceptors (Lipinski definition) is 5. The van der Waals surface area contributed by atoms with E-state index in [-0.39, 0.29) is 31.1 Å². The minimum absolute atomic E-state index is 0.0964. The highest BCUT2D eigenvalue weighted by molar-refractivity contribution is 5.94. The van der Waals surface area contributed by atoms with Gasteiger partial charge in [0.25, 0.3) is 5.91 Å². The molecule has 0 bridgehead atoms. The fraction of sp³-hybridized carbons (Fsp3) is 0.533. The fourth-order valence-corrected chi connectivity index (χ4v) is 2.46. The van der Waals surface area contributed by atoms with E-state index < -0.39 is 5.97 Å². The van der Waals surface area contributed by atoms with Gasteiger partial charge in [0, 0.05) is 25.8 Å². The highest BCUT2D eigenvalue weighted by Crippen LogP contribution is 2.18. The fourth-order valence-electron chi connectivity index (χ4n) is 2.46. The molecule has 2 atom stereocenters. The number of aliphatic carboxylic acids is 1. The van der Waals surface area contributed by atoms with Crippen LogP contribution in [0.25, 0.3) is 0 Å². The van der Waals surface area contributed by atoms with Gasteiger partial charge < -0.3 is 20.1 Å². The SMILES string of the molecule is CC1CN(c2ccc(C(=O)NCCC(=O)O)cn2)CC(C)O1. The molecule has 2 N–H and O–H groups in total. The smallest absolute Gasteiger partial charge is 0.305 e. The summed E-state index contributed by atoms with van der Waals surface area (Å²) in [5.74, 6) is -0.447. The van der Waals surface area contributed by atoms with Crippen molar-refractivity contribution in [2.24, 2.45) is 0 Å². The largest absolute Gasteiger partial charge is 0.481 e. The van der Waals surface area contributed by atoms with Crippen LogP contribution in [0.4, 0.5) is 5.82 Å². The first kappa shape index (κ1) is 16.2. The summed E-state index contributed by atoms with van der Waals surface area (Å²) in [5, 5.41) is 11.1. The average Bonchev–Trinajstić information content (AvgIpc) is 2.46. The van der Waals surface area contributed by atoms with E-state index in [1.165, 1.54) is 6.20 Å². The monoisotopic (exact) mass is 307 g/mol. The molecule has 120 valence electrons. The number of nitrogens with zero attached hydrogens (tertiary/aromatic N) is 2. The molecule has 7 heteroatoms. The van der Waals surface area contributed by atoms with E-state index in [9.17, 15) is 9.59 Å². The predicted molar refractivity (Wildman–Crippen MR) is 81.0 cm³/mol. The Morgan fingerprint density at radius 1 is 1.36 bits per heavy atom. The number of nitrogens with one attached hydrogen (secondary N) is 1. The van der Waals surface area contributed by atoms with Crippen LogP contribution in [-0.4, -0.2) is 53.8 Å². The van der Waals surface area contributed by atoms with E-state index >= 15 is 0 Å². The molecule has 2 unspecified atom stereocenters. The zero-order valence-corrected chi connectivity index (χ0v) is 12.8. The third-order valence-corrected chi connectivity index (χ3v) is 3.38. The maximum absolute atomic E-state index is 11.8. The second kappa shape index (κ2) is 7.22. The number of rotatable bonds is 5. The van der Waals surface area contributed by atoms with Gasteiger partial charge >= 0.3 is 5.97 Å². The van der Waals surface area contributed by atoms with Gasteiger partial charge in [-0.1, -0.05) is 0 Å². The van der Waals surface area contributed by atoms with Crippen LogP contribution in [0.3, 0.4) is 0 Å². The van der Waals surface area contributed by atoms with Gasteiger partial charge in [-0.3, -0.25) is 9.59 Å². The zero-order chi connectivity index (χ0) is 16.1. The van der Waals surface area contributed by atoms with Crippen LogP contribution in [0.15, 0.2) is 18.3 Å². The van der Waals surface area contributed by atoms with E-state index in [1.54, 1.807) is 12.1 Å². The molecule has 0 aliphatic carbocycles. The summed E-state index contributed by atoms with van der Waals surface area (Å²) < 4.78 is 5.68. The number of pyridine rings is 1. The summed E-state index contributed by atoms with van der Waals surface area (Å²) in [7, 11) is 0. The van der Waals surface area contributed by atoms with Crippen molar-refractivity contribution in [2.45, 2.75) is 32.5 Å². The first-order valence-corrected chi connectivity index (χ1v) is 7.32. The van der Waals surface area contributed by atoms with E-state index in [0.717, 1.165) is 18.9 Å². The Balaban J connectivity index is 1.95. The minimum Gasteiger partial charge on any atom is -0.481 e. The number of aromatic nitrogens is 1. The van der Waals surface area contributed by atoms with E-state index in [2.05, 4.69) is 15.2 Å². The minimum atomic E-state index is -0.940. The molecule has 0 aromatic carbocycles. The van der Waals surface area contributed by atoms with Crippen molar-refractivity contribution < 1.29 is 19.4 Å². The molecule has 2 rings (SSSR count). The third-order valence-electron chi connectivity index (χ3n) is 3.38. The maximum Gasteiger partial charge on any atom is 0.305 e. The molecule has 1 aliphatic rings. The lowest BCUT2D eigenvalue weighted by Gasteiger charge is -2.36. The van der Waals surface area contributed by atoms with E-state index in [0.29, 0.717) is 5.56 Å². The van der Waals surface area contributed by atoms with Gasteiger partial charge in [0.2, 0.25) is 0 Å². The molecule has 1 aromatic rings. The maximum atomic E-state index is 11.8. The van der Waals surface area contributed by atoms with Gasteiger partial charge in [0.1, 0.15) is 5.82 Å². The summed E-state index contributed by atoms with van der Waals surface area (Å²) in [6, 6.07) is 3.50. The van der Waals surface area contributed by atoms with Gasteiger partial charge in [-0.2, -0.15) is 0 Å². The topological polar surface area (TPSA) is 91.8 Å². The van der Waals surface area contributed by atoms with Gasteiger partial charge in [0.15, 0.2) is 0 Å². The molecule has 0 saturated carbocycles. The average molecular weight is 307 g/mol. The van der Waals surface area contributed by atoms with Crippen LogP contribution in [0.1, 0.15) is 30.6 Å². The van der Waals surface area contributed by atoms with Crippen molar-refractivity contribution in [1.82, 2.24) is 10.3 Å². The Labute approximate surface area is 129 Å². The van der Waals surface area contributed by atoms with Crippen molar-refractivity contribution in [1.29, 1.82) is 0 Å². The second-order valence-electron chi connectivity index (χ2n) is 5.47. The van der Waals surface area contributed by atoms with Gasteiger partial charge in [0.05, 0.1) is 24.2 Å². The zero-order valence-electron chi connectivity index (χ0n) is 12.8. The Morgan fingerprint density at radius 3 is 2.59 bits per heavy atom. The second-order valence-corrected chi connectivity index (χ2v) is 5.47. The predicted octanol–water partition coefficient (Wildman–Crippen LogP) is 0.900. The number of hydrogen-bond donors (Lipinski definition) is 2. The van der Waals surface area contributed by atoms with Crippen LogP contribution in [0, 0.1) is 0 Å². The van der Waals surface area contributed by atoms with Crippen LogP contribution < -0.4 is 10.2 Å². The number of carboxylic acid groups (broad SMARTS) is 1. The lowest BCUT2D eigenvalue weighted by atomic mass is 10.2. The normalized spacial score (nSPS) is 21.5. The Morgan fingerprint density at radius 2 is 2.05 bits per heavy atom. The number of amides is 1. The standard InChI is InChI=1S/C15H21N3O4/c1-10-8-18(9-11(2)22-10)13-4-3-12(7-17-13)15(21)16-6-5-14(19)20/h3-4,7,10-11H,5-6,8-9H2,1-2H3,(H,16,21)(H,19,20). The molecule has 22 heavy (non-hydrogen) atoms. The number of anilines is 1. The number of morpholine rings is 1. The number of carboxylic acids is 1. The number of carbonyl (C=O) groups excluding carboxylic acids is 1. The summed E-state index contributed by atoms with van der Waals surface area (Å²) >= 11 is 0. The lowest BCUT2D eigenvalue weighted by molar-refractivity contribution is -0.136. The van der Waals surface area contributed by atoms with E-state index in [1.807, 2.05) is 13.8 Å². The summed E-state index contributed by atoms with van der Waals surface area (Å²) in [4.78, 5) is 28.7. The Kier molecular flexibility index (Phi) is 5.32. The number of carbonyl (C=O) groups is 2. The van der Waals surface area contributed by atoms with Crippen LogP contribution in [0.5, 0.6) is 0 Å². The quantitative estimate of drug-likeness (QED) is 0.840. The van der Waals surface area contributed by atoms with Crippen molar-refractivity contribution in [3.8, 4) is 0 Å². The first-order valence-electron chi connectivity index (χ1n) is 7.32. The molecule has 1 aromatic heterocycles. The summed E-state index contributed by atoms with van der Waals surface area (Å²) in [5.41, 5.74) is 0.420. The molecule has 1 amide bonds. The third kappa shape index (κ3) is 4.42. The van der Waals surface area contributed by atoms with Crippen molar-refractivity contribution in [3.63, 3.8) is 0 Å². The lowest BCUT2D eigenvalue weighted by Crippen LogP contribution is -2.45. The van der Waals surface area contributed by atoms with Gasteiger partial charge in [-0.05, 0) is 26.0 Å². The van der Waals surface area contributed by atoms with Gasteiger partial charge in [-0.15, -0.1) is 0 Å². The molecule has 0 spiro atoms. The Hall–Kier alpha value is -2.15. The molecule has 2 heterocycles. The van der Waals surface area contributed by atoms with Crippen LogP contribution in [-0.2, 0) is 9.53 Å². The van der Waals surface area contributed by atoms with E-state index in [4.69, 9.17) is 9.84 Å². The van der Waals surface area contributed by atoms with Crippen LogP contribution in [0.2, 0.25) is 0 Å². The van der Waals surface area contributed by atoms with Gasteiger partial charge in [-0.25, -0.2) is 4.98 Å². The van der Waals surface area contributed by atoms with Crippen molar-refractivity contribution in [2.75, 3.05) is 24.5 Å². The van der Waals surface area contributed by atoms with Crippen molar-refractivity contribution in [3.05, 3.63) is 23.9 Å². The molecule has 1 fully saturated rings. The molecule has 7 nitrogen and oxygen atoms in total. The molecule has 1 aliphatic heterocycles. The first-order chi connectivity index (χ1) is 10.5. The van der Waals surface area contributed by atoms with Crippen LogP contribution >= 0.6 is 0 Å². The highest BCUT2D eigenvalue weighted by atomic mass is 16.5. The molecular weight excluding hydrogens is 286 g/mol. The Bertz CT molecular complexity index is 522. The van der Waals surface area contributed by atoms with Crippen molar-refractivity contribution >= 4 is 17.7 Å². The molecule has 1 saturated heterocycles. The summed E-state index contributed by atoms with van der Waals surface area (Å²) in [6.07, 6.45) is 1.70. The highest BCUT2D eigenvalue weighted by Gasteiger charge is 2.23. The number of ether oxygens (including phenoxy) is 1. The molecular formula is C15H21N3O4. The summed E-state index contributed by atoms with van der Waals surface area (Å²) in [6.45, 7) is 5.68. The molecule has 0 radical (unpaired) electrons.